The maximum atomic E-state index is 14.2. The molecule has 0 radical (unpaired) electrons. The van der Waals surface area contributed by atoms with Gasteiger partial charge < -0.3 is 21.1 Å². The zero-order valence-corrected chi connectivity index (χ0v) is 23.6. The number of amidine groups is 1. The van der Waals surface area contributed by atoms with Crippen molar-refractivity contribution in [1.29, 1.82) is 0 Å². The number of hydrogen-bond donors (Lipinski definition) is 3. The summed E-state index contributed by atoms with van der Waals surface area (Å²) in [4.78, 5) is 44.3. The van der Waals surface area contributed by atoms with E-state index in [0.29, 0.717) is 40.7 Å². The average molecular weight is 578 g/mol. The van der Waals surface area contributed by atoms with Gasteiger partial charge >= 0.3 is 0 Å². The third-order valence-corrected chi connectivity index (χ3v) is 7.60. The van der Waals surface area contributed by atoms with E-state index in [1.54, 1.807) is 27.9 Å². The number of rotatable bonds is 6. The summed E-state index contributed by atoms with van der Waals surface area (Å²) in [6.07, 6.45) is 5.87. The molecule has 0 bridgehead atoms. The van der Waals surface area contributed by atoms with Crippen molar-refractivity contribution in [3.8, 4) is 17.5 Å². The zero-order valence-electron chi connectivity index (χ0n) is 23.6. The molecule has 43 heavy (non-hydrogen) atoms. The van der Waals surface area contributed by atoms with Crippen molar-refractivity contribution >= 4 is 34.6 Å². The van der Waals surface area contributed by atoms with E-state index in [2.05, 4.69) is 32.6 Å². The molecular formula is C32H31N7O4. The van der Waals surface area contributed by atoms with Gasteiger partial charge in [0, 0.05) is 29.8 Å². The number of nitrogens with zero attached hydrogens (tertiary/aromatic N) is 4. The number of hydrazone groups is 1. The topological polar surface area (TPSA) is 143 Å². The van der Waals surface area contributed by atoms with Crippen LogP contribution in [-0.4, -0.2) is 64.9 Å². The van der Waals surface area contributed by atoms with Gasteiger partial charge in [0.2, 0.25) is 5.91 Å². The van der Waals surface area contributed by atoms with Crippen LogP contribution in [-0.2, 0) is 14.3 Å². The van der Waals surface area contributed by atoms with Gasteiger partial charge in [-0.1, -0.05) is 42.2 Å². The van der Waals surface area contributed by atoms with E-state index in [1.807, 2.05) is 61.5 Å². The van der Waals surface area contributed by atoms with Gasteiger partial charge in [-0.15, -0.1) is 0 Å². The third-order valence-electron chi connectivity index (χ3n) is 7.60. The maximum Gasteiger partial charge on any atom is 0.264 e. The predicted molar refractivity (Wildman–Crippen MR) is 164 cm³/mol. The number of carbonyl (C=O) groups excluding carboxylic acids is 2. The van der Waals surface area contributed by atoms with E-state index in [0.717, 1.165) is 6.42 Å². The Balaban J connectivity index is 1.32. The number of amides is 2. The van der Waals surface area contributed by atoms with Gasteiger partial charge in [0.05, 0.1) is 18.0 Å². The van der Waals surface area contributed by atoms with Crippen molar-refractivity contribution in [2.45, 2.75) is 44.1 Å². The lowest BCUT2D eigenvalue weighted by Crippen LogP contribution is -2.51. The molecule has 1 aromatic heterocycles. The number of nitrogens with one attached hydrogen (secondary N) is 2. The van der Waals surface area contributed by atoms with Gasteiger partial charge in [-0.2, -0.15) is 5.10 Å². The molecule has 11 nitrogen and oxygen atoms in total. The largest absolute Gasteiger partial charge is 0.385 e. The van der Waals surface area contributed by atoms with Crippen LogP contribution in [0.3, 0.4) is 0 Å². The van der Waals surface area contributed by atoms with Crippen molar-refractivity contribution in [2.24, 2.45) is 15.8 Å². The van der Waals surface area contributed by atoms with Gasteiger partial charge in [-0.3, -0.25) is 19.0 Å². The number of allylic oxidation sites excluding steroid dienone is 1. The second-order valence-corrected chi connectivity index (χ2v) is 10.5. The highest BCUT2D eigenvalue weighted by Gasteiger charge is 2.39. The van der Waals surface area contributed by atoms with Crippen molar-refractivity contribution in [3.05, 3.63) is 88.4 Å². The van der Waals surface area contributed by atoms with E-state index in [-0.39, 0.29) is 29.8 Å². The minimum atomic E-state index is -0.867. The molecule has 1 saturated heterocycles. The molecule has 1 fully saturated rings. The minimum absolute atomic E-state index is 0.133. The summed E-state index contributed by atoms with van der Waals surface area (Å²) in [5.74, 6) is 5.65. The maximum absolute atomic E-state index is 14.2. The molecule has 218 valence electrons. The molecule has 3 aliphatic heterocycles. The molecule has 4 heterocycles. The minimum Gasteiger partial charge on any atom is -0.385 e. The fourth-order valence-electron chi connectivity index (χ4n) is 5.54. The normalized spacial score (nSPS) is 21.1. The summed E-state index contributed by atoms with van der Waals surface area (Å²) < 4.78 is 7.01. The van der Waals surface area contributed by atoms with Crippen molar-refractivity contribution < 1.29 is 14.3 Å². The summed E-state index contributed by atoms with van der Waals surface area (Å²) in [6, 6.07) is 15.1. The number of para-hydroxylation sites is 1. The van der Waals surface area contributed by atoms with E-state index < -0.39 is 24.4 Å². The van der Waals surface area contributed by atoms with Gasteiger partial charge in [-0.05, 0) is 61.6 Å². The van der Waals surface area contributed by atoms with E-state index in [4.69, 9.17) is 10.5 Å². The summed E-state index contributed by atoms with van der Waals surface area (Å²) in [6.45, 7) is 2.54. The number of hydrogen-bond acceptors (Lipinski definition) is 8. The first-order chi connectivity index (χ1) is 20.9. The van der Waals surface area contributed by atoms with Crippen LogP contribution in [0.15, 0.2) is 81.6 Å². The fraction of sp³-hybridized carbons (Fsp3) is 0.281. The summed E-state index contributed by atoms with van der Waals surface area (Å²) >= 11 is 0. The Kier molecular flexibility index (Phi) is 7.77. The van der Waals surface area contributed by atoms with Crippen molar-refractivity contribution in [3.63, 3.8) is 0 Å². The van der Waals surface area contributed by atoms with Gasteiger partial charge in [0.1, 0.15) is 11.9 Å². The van der Waals surface area contributed by atoms with Gasteiger partial charge in [0.15, 0.2) is 12.2 Å². The molecule has 4 N–H and O–H groups in total. The Morgan fingerprint density at radius 2 is 2.00 bits per heavy atom. The van der Waals surface area contributed by atoms with Crippen LogP contribution in [0.25, 0.3) is 16.5 Å². The molecule has 4 atom stereocenters. The third kappa shape index (κ3) is 5.52. The smallest absolute Gasteiger partial charge is 0.264 e. The second kappa shape index (κ2) is 12.0. The number of ether oxygens (including phenoxy) is 1. The van der Waals surface area contributed by atoms with Crippen LogP contribution in [0.1, 0.15) is 37.1 Å². The summed E-state index contributed by atoms with van der Waals surface area (Å²) in [5, 5.41) is 12.8. The molecule has 0 saturated carbocycles. The van der Waals surface area contributed by atoms with Crippen LogP contribution in [0.2, 0.25) is 0 Å². The first kappa shape index (κ1) is 27.9. The van der Waals surface area contributed by atoms with Crippen molar-refractivity contribution in [1.82, 2.24) is 20.2 Å². The lowest BCUT2D eigenvalue weighted by atomic mass is 10.0. The number of carbonyl (C=O) groups is 2. The quantitative estimate of drug-likeness (QED) is 0.381. The Morgan fingerprint density at radius 1 is 1.16 bits per heavy atom. The van der Waals surface area contributed by atoms with Crippen LogP contribution >= 0.6 is 0 Å². The Labute approximate surface area is 248 Å². The van der Waals surface area contributed by atoms with Gasteiger partial charge in [0.25, 0.3) is 11.5 Å². The highest BCUT2D eigenvalue weighted by molar-refractivity contribution is 6.08. The number of aromatic nitrogens is 1. The standard InChI is InChI=1S/C32H31N7O4/c1-20(36-31(41)28-29(33)37-26-15-7-17-35-39(26)28)24-19-22-10-5-9-21(11-6-16-34-30(40)25-14-8-18-43-25)27(22)32(42)38(24)23-12-3-2-4-13-23/h2-5,7,9-10,12-13,15,17,19-20,25-26,28H,8,14,16,18H2,1H3,(H2,33,37)(H,34,40)(H,36,41). The Hall–Kier alpha value is -5.21. The summed E-state index contributed by atoms with van der Waals surface area (Å²) in [7, 11) is 0. The van der Waals surface area contributed by atoms with Gasteiger partial charge in [-0.25, -0.2) is 10.0 Å². The molecule has 2 aromatic carbocycles. The monoisotopic (exact) mass is 577 g/mol. The number of nitrogens with two attached hydrogens (primary N) is 1. The van der Waals surface area contributed by atoms with Crippen LogP contribution in [0.5, 0.6) is 0 Å². The van der Waals surface area contributed by atoms with Crippen molar-refractivity contribution in [2.75, 3.05) is 13.2 Å². The molecule has 3 aliphatic rings. The number of pyridine rings is 1. The molecular weight excluding hydrogens is 546 g/mol. The zero-order chi connectivity index (χ0) is 29.9. The predicted octanol–water partition coefficient (Wildman–Crippen LogP) is 1.74. The highest BCUT2D eigenvalue weighted by Crippen LogP contribution is 2.25. The number of aliphatic imine (C=N–C) groups is 1. The number of benzene rings is 2. The Bertz CT molecular complexity index is 1780. The molecule has 4 unspecified atom stereocenters. The fourth-order valence-corrected chi connectivity index (χ4v) is 5.54. The first-order valence-corrected chi connectivity index (χ1v) is 14.2. The van der Waals surface area contributed by atoms with E-state index in [9.17, 15) is 14.4 Å². The Morgan fingerprint density at radius 3 is 2.79 bits per heavy atom. The van der Waals surface area contributed by atoms with E-state index in [1.165, 1.54) is 0 Å². The van der Waals surface area contributed by atoms with Crippen LogP contribution in [0, 0.1) is 11.8 Å². The van der Waals surface area contributed by atoms with Crippen LogP contribution in [0.4, 0.5) is 0 Å². The lowest BCUT2D eigenvalue weighted by Gasteiger charge is -2.27. The highest BCUT2D eigenvalue weighted by atomic mass is 16.5. The molecule has 2 amide bonds. The lowest BCUT2D eigenvalue weighted by molar-refractivity contribution is -0.129. The molecule has 11 heteroatoms. The van der Waals surface area contributed by atoms with Crippen LogP contribution < -0.4 is 21.9 Å². The molecule has 6 rings (SSSR count). The average Bonchev–Trinajstić information content (AvgIpc) is 3.67. The molecule has 0 spiro atoms. The summed E-state index contributed by atoms with van der Waals surface area (Å²) in [5.41, 5.74) is 7.62. The molecule has 3 aromatic rings. The second-order valence-electron chi connectivity index (χ2n) is 10.5. The van der Waals surface area contributed by atoms with E-state index >= 15 is 0 Å². The first-order valence-electron chi connectivity index (χ1n) is 14.2. The number of fused-ring (bicyclic) bond motifs is 2. The SMILES string of the molecule is CC(NC(=O)C1C(N)=NC2C=CC=NN21)c1cc2cccc(C#CCNC(=O)C3CCCO3)c2c(=O)n1-c1ccccc1. The molecule has 0 aliphatic carbocycles.